The summed E-state index contributed by atoms with van der Waals surface area (Å²) in [5.74, 6) is 0. The van der Waals surface area contributed by atoms with E-state index >= 15 is 0 Å². The van der Waals surface area contributed by atoms with Gasteiger partial charge in [-0.3, -0.25) is 4.79 Å². The fourth-order valence-corrected chi connectivity index (χ4v) is 0.573. The zero-order valence-corrected chi connectivity index (χ0v) is 5.66. The zero-order chi connectivity index (χ0) is 5.49. The van der Waals surface area contributed by atoms with E-state index in [0.717, 1.165) is 12.8 Å². The average molecular weight is 136 g/mol. The van der Waals surface area contributed by atoms with Gasteiger partial charge in [0.2, 0.25) is 5.24 Å². The average Bonchev–Trinajstić information content (AvgIpc) is 2.21. The molecule has 0 unspecified atom stereocenters. The van der Waals surface area contributed by atoms with Crippen LogP contribution in [-0.2, 0) is 4.79 Å². The normalized spacial score (nSPS) is 21.2. The molecule has 1 aliphatic rings. The minimum absolute atomic E-state index is 0. The smallest absolute Gasteiger partial charge is 0.227 e. The van der Waals surface area contributed by atoms with Crippen molar-refractivity contribution in [3.05, 3.63) is 0 Å². The second-order valence-electron chi connectivity index (χ2n) is 2.33. The van der Waals surface area contributed by atoms with Gasteiger partial charge in [0.1, 0.15) is 0 Å². The molecule has 0 heterocycles. The van der Waals surface area contributed by atoms with Crippen LogP contribution in [-0.4, -0.2) is 5.24 Å². The number of hydrogen-bond acceptors (Lipinski definition) is 2. The van der Waals surface area contributed by atoms with E-state index in [1.165, 1.54) is 0 Å². The van der Waals surface area contributed by atoms with Gasteiger partial charge in [-0.25, -0.2) is 0 Å². The fourth-order valence-electron chi connectivity index (χ4n) is 0.384. The molecule has 0 aromatic carbocycles. The first-order chi connectivity index (χ1) is 3.15. The predicted molar refractivity (Wildman–Crippen MR) is 33.2 cm³/mol. The van der Waals surface area contributed by atoms with Crippen LogP contribution in [0, 0.1) is 5.41 Å². The predicted octanol–water partition coefficient (Wildman–Crippen LogP) is 1.71. The molecule has 0 aromatic rings. The third-order valence-corrected chi connectivity index (χ3v) is 1.93. The highest BCUT2D eigenvalue weighted by molar-refractivity contribution is 6.65. The Labute approximate surface area is 53.8 Å². The molecule has 8 heavy (non-hydrogen) atoms. The Morgan fingerprint density at radius 3 is 2.00 bits per heavy atom. The van der Waals surface area contributed by atoms with Gasteiger partial charge in [-0.1, -0.05) is 6.92 Å². The number of rotatable bonds is 1. The minimum Gasteiger partial charge on any atom is -0.344 e. The van der Waals surface area contributed by atoms with Crippen LogP contribution in [0.5, 0.6) is 0 Å². The van der Waals surface area contributed by atoms with Gasteiger partial charge in [0.15, 0.2) is 0 Å². The number of carbonyl (C=O) groups is 1. The van der Waals surface area contributed by atoms with Crippen molar-refractivity contribution in [3.8, 4) is 0 Å². The molecule has 1 fully saturated rings. The lowest BCUT2D eigenvalue weighted by atomic mass is 10.2. The molecule has 0 aromatic heterocycles. The standard InChI is InChI=1S/C5H7ClO.H3N/c1-5(2-3-5)4(6)7;/h2-3H2,1H3;1H3. The molecule has 0 radical (unpaired) electrons. The number of halogens is 1. The summed E-state index contributed by atoms with van der Waals surface area (Å²) in [7, 11) is 0. The molecule has 0 atom stereocenters. The first-order valence-corrected chi connectivity index (χ1v) is 2.73. The molecule has 0 saturated heterocycles. The lowest BCUT2D eigenvalue weighted by Crippen LogP contribution is -2.01. The van der Waals surface area contributed by atoms with Gasteiger partial charge < -0.3 is 6.15 Å². The van der Waals surface area contributed by atoms with E-state index in [9.17, 15) is 4.79 Å². The summed E-state index contributed by atoms with van der Waals surface area (Å²) in [4.78, 5) is 10.3. The molecular formula is C5H10ClNO. The van der Waals surface area contributed by atoms with Crippen molar-refractivity contribution in [3.63, 3.8) is 0 Å². The Hall–Kier alpha value is -0.0800. The highest BCUT2D eigenvalue weighted by Crippen LogP contribution is 2.46. The number of hydrogen-bond donors (Lipinski definition) is 1. The Bertz CT molecular complexity index is 109. The van der Waals surface area contributed by atoms with Crippen LogP contribution in [0.3, 0.4) is 0 Å². The van der Waals surface area contributed by atoms with Crippen molar-refractivity contribution < 1.29 is 4.79 Å². The summed E-state index contributed by atoms with van der Waals surface area (Å²) in [6.07, 6.45) is 1.96. The summed E-state index contributed by atoms with van der Waals surface area (Å²) in [6.45, 7) is 1.89. The Kier molecular flexibility index (Phi) is 2.01. The molecule has 3 N–H and O–H groups in total. The maximum atomic E-state index is 10.3. The van der Waals surface area contributed by atoms with Crippen LogP contribution < -0.4 is 6.15 Å². The van der Waals surface area contributed by atoms with E-state index < -0.39 is 0 Å². The highest BCUT2D eigenvalue weighted by atomic mass is 35.5. The van der Waals surface area contributed by atoms with E-state index in [1.54, 1.807) is 0 Å². The molecule has 2 nitrogen and oxygen atoms in total. The van der Waals surface area contributed by atoms with Gasteiger partial charge in [-0.05, 0) is 24.4 Å². The van der Waals surface area contributed by atoms with Crippen molar-refractivity contribution in [2.24, 2.45) is 5.41 Å². The Morgan fingerprint density at radius 1 is 1.62 bits per heavy atom. The SMILES string of the molecule is CC1(C(=O)Cl)CC1.N. The quantitative estimate of drug-likeness (QED) is 0.557. The molecule has 1 rings (SSSR count). The molecular weight excluding hydrogens is 126 g/mol. The Balaban J connectivity index is 0.000000490. The Morgan fingerprint density at radius 2 is 2.00 bits per heavy atom. The summed E-state index contributed by atoms with van der Waals surface area (Å²) in [5.41, 5.74) is -0.123. The van der Waals surface area contributed by atoms with E-state index in [-0.39, 0.29) is 16.8 Å². The van der Waals surface area contributed by atoms with Crippen molar-refractivity contribution in [1.29, 1.82) is 0 Å². The lowest BCUT2D eigenvalue weighted by Gasteiger charge is -1.93. The molecule has 0 amide bonds. The van der Waals surface area contributed by atoms with Crippen molar-refractivity contribution in [2.45, 2.75) is 19.8 Å². The van der Waals surface area contributed by atoms with Gasteiger partial charge in [0, 0.05) is 5.41 Å². The third-order valence-electron chi connectivity index (χ3n) is 1.47. The van der Waals surface area contributed by atoms with Gasteiger partial charge in [-0.15, -0.1) is 0 Å². The van der Waals surface area contributed by atoms with Gasteiger partial charge in [0.05, 0.1) is 0 Å². The topological polar surface area (TPSA) is 52.1 Å². The third kappa shape index (κ3) is 1.20. The largest absolute Gasteiger partial charge is 0.344 e. The maximum Gasteiger partial charge on any atom is 0.227 e. The van der Waals surface area contributed by atoms with Gasteiger partial charge in [0.25, 0.3) is 0 Å². The molecule has 3 heteroatoms. The van der Waals surface area contributed by atoms with E-state index in [4.69, 9.17) is 11.6 Å². The van der Waals surface area contributed by atoms with Crippen LogP contribution in [0.1, 0.15) is 19.8 Å². The van der Waals surface area contributed by atoms with Crippen molar-refractivity contribution in [2.75, 3.05) is 0 Å². The molecule has 0 bridgehead atoms. The van der Waals surface area contributed by atoms with Crippen LogP contribution in [0.25, 0.3) is 0 Å². The lowest BCUT2D eigenvalue weighted by molar-refractivity contribution is -0.115. The van der Waals surface area contributed by atoms with Gasteiger partial charge >= 0.3 is 0 Å². The summed E-state index contributed by atoms with van der Waals surface area (Å²) in [6, 6.07) is 0. The number of carbonyl (C=O) groups excluding carboxylic acids is 1. The first-order valence-electron chi connectivity index (χ1n) is 2.35. The maximum absolute atomic E-state index is 10.3. The molecule has 0 spiro atoms. The van der Waals surface area contributed by atoms with Crippen LogP contribution in [0.2, 0.25) is 0 Å². The monoisotopic (exact) mass is 135 g/mol. The second kappa shape index (κ2) is 2.03. The molecule has 48 valence electrons. The minimum atomic E-state index is -0.174. The molecule has 0 aliphatic heterocycles. The van der Waals surface area contributed by atoms with Crippen LogP contribution >= 0.6 is 11.6 Å². The highest BCUT2D eigenvalue weighted by Gasteiger charge is 2.43. The van der Waals surface area contributed by atoms with Gasteiger partial charge in [-0.2, -0.15) is 0 Å². The summed E-state index contributed by atoms with van der Waals surface area (Å²) in [5, 5.41) is -0.174. The zero-order valence-electron chi connectivity index (χ0n) is 4.91. The second-order valence-corrected chi connectivity index (χ2v) is 2.68. The van der Waals surface area contributed by atoms with E-state index in [1.807, 2.05) is 6.92 Å². The van der Waals surface area contributed by atoms with E-state index in [0.29, 0.717) is 0 Å². The van der Waals surface area contributed by atoms with Crippen molar-refractivity contribution >= 4 is 16.8 Å². The van der Waals surface area contributed by atoms with E-state index in [2.05, 4.69) is 0 Å². The summed E-state index contributed by atoms with van der Waals surface area (Å²) >= 11 is 5.18. The van der Waals surface area contributed by atoms with Crippen LogP contribution in [0.15, 0.2) is 0 Å². The summed E-state index contributed by atoms with van der Waals surface area (Å²) < 4.78 is 0. The van der Waals surface area contributed by atoms with Crippen LogP contribution in [0.4, 0.5) is 0 Å². The van der Waals surface area contributed by atoms with Crippen molar-refractivity contribution in [1.82, 2.24) is 6.15 Å². The fraction of sp³-hybridized carbons (Fsp3) is 0.800. The molecule has 1 aliphatic carbocycles. The first kappa shape index (κ1) is 7.92. The molecule has 1 saturated carbocycles.